The van der Waals surface area contributed by atoms with E-state index >= 15 is 0 Å². The van der Waals surface area contributed by atoms with Gasteiger partial charge in [-0.25, -0.2) is 0 Å². The summed E-state index contributed by atoms with van der Waals surface area (Å²) < 4.78 is 13.7. The molecule has 160 valence electrons. The molecule has 2 aliphatic rings. The maximum Gasteiger partial charge on any atom is 0.242 e. The first kappa shape index (κ1) is 19.7. The van der Waals surface area contributed by atoms with Crippen LogP contribution in [0.5, 0.6) is 11.5 Å². The molecule has 31 heavy (non-hydrogen) atoms. The van der Waals surface area contributed by atoms with Crippen molar-refractivity contribution in [2.45, 2.75) is 38.3 Å². The van der Waals surface area contributed by atoms with Crippen molar-refractivity contribution >= 4 is 22.6 Å². The lowest BCUT2D eigenvalue weighted by Crippen LogP contribution is -2.52. The molecule has 2 aliphatic heterocycles. The standard InChI is InChI=1S/C25H26N2O4/c1-17-13-18-5-3-4-6-21(18)27(17)16-24(29)26-11-9-25(10-12-26)15-22(28)20-8-7-19(30-2)14-23(20)31-25/h3-8,13-14H,9-12,15-16H2,1-2H3. The first-order valence-corrected chi connectivity index (χ1v) is 10.7. The first-order chi connectivity index (χ1) is 15.0. The number of likely N-dealkylation sites (tertiary alicyclic amines) is 1. The molecule has 0 saturated carbocycles. The highest BCUT2D eigenvalue weighted by Crippen LogP contribution is 2.40. The zero-order chi connectivity index (χ0) is 21.6. The molecule has 0 atom stereocenters. The normalized spacial score (nSPS) is 17.5. The largest absolute Gasteiger partial charge is 0.497 e. The summed E-state index contributed by atoms with van der Waals surface area (Å²) in [5.74, 6) is 1.46. The summed E-state index contributed by atoms with van der Waals surface area (Å²) in [7, 11) is 1.60. The van der Waals surface area contributed by atoms with Crippen LogP contribution in [0.1, 0.15) is 35.3 Å². The Kier molecular flexibility index (Phi) is 4.73. The number of piperidine rings is 1. The summed E-state index contributed by atoms with van der Waals surface area (Å²) in [4.78, 5) is 27.7. The van der Waals surface area contributed by atoms with Gasteiger partial charge in [-0.2, -0.15) is 0 Å². The first-order valence-electron chi connectivity index (χ1n) is 10.7. The van der Waals surface area contributed by atoms with Crippen LogP contribution >= 0.6 is 0 Å². The molecule has 1 aromatic heterocycles. The smallest absolute Gasteiger partial charge is 0.242 e. The lowest BCUT2D eigenvalue weighted by Gasteiger charge is -2.44. The van der Waals surface area contributed by atoms with Gasteiger partial charge in [0.2, 0.25) is 5.91 Å². The van der Waals surface area contributed by atoms with Crippen LogP contribution < -0.4 is 9.47 Å². The molecular formula is C25H26N2O4. The van der Waals surface area contributed by atoms with Gasteiger partial charge in [0, 0.05) is 43.2 Å². The maximum atomic E-state index is 13.1. The molecule has 3 aromatic rings. The number of aromatic nitrogens is 1. The number of nitrogens with zero attached hydrogens (tertiary/aromatic N) is 2. The summed E-state index contributed by atoms with van der Waals surface area (Å²) in [5.41, 5.74) is 2.23. The second kappa shape index (κ2) is 7.45. The average Bonchev–Trinajstić information content (AvgIpc) is 3.08. The number of hydrogen-bond donors (Lipinski definition) is 0. The second-order valence-corrected chi connectivity index (χ2v) is 8.56. The van der Waals surface area contributed by atoms with Gasteiger partial charge in [-0.15, -0.1) is 0 Å². The minimum absolute atomic E-state index is 0.0955. The number of para-hydroxylation sites is 1. The van der Waals surface area contributed by atoms with E-state index in [1.165, 1.54) is 0 Å². The minimum atomic E-state index is -0.538. The molecule has 0 unspecified atom stereocenters. The SMILES string of the molecule is COc1ccc2c(c1)OC1(CCN(C(=O)Cn3c(C)cc4ccccc43)CC1)CC2=O. The highest BCUT2D eigenvalue weighted by Gasteiger charge is 2.43. The molecule has 1 amide bonds. The molecule has 0 radical (unpaired) electrons. The van der Waals surface area contributed by atoms with E-state index < -0.39 is 5.60 Å². The topological polar surface area (TPSA) is 60.8 Å². The summed E-state index contributed by atoms with van der Waals surface area (Å²) >= 11 is 0. The lowest BCUT2D eigenvalue weighted by molar-refractivity contribution is -0.135. The van der Waals surface area contributed by atoms with Gasteiger partial charge in [0.05, 0.1) is 19.1 Å². The Balaban J connectivity index is 1.29. The van der Waals surface area contributed by atoms with Gasteiger partial charge in [0.15, 0.2) is 5.78 Å². The van der Waals surface area contributed by atoms with Crippen LogP contribution in [0.25, 0.3) is 10.9 Å². The number of aryl methyl sites for hydroxylation is 1. The lowest BCUT2D eigenvalue weighted by atomic mass is 9.82. The van der Waals surface area contributed by atoms with Crippen LogP contribution in [0, 0.1) is 6.92 Å². The number of benzene rings is 2. The van der Waals surface area contributed by atoms with Crippen molar-refractivity contribution in [2.75, 3.05) is 20.2 Å². The van der Waals surface area contributed by atoms with Gasteiger partial charge in [0.25, 0.3) is 0 Å². The second-order valence-electron chi connectivity index (χ2n) is 8.56. The average molecular weight is 418 g/mol. The molecule has 0 N–H and O–H groups in total. The van der Waals surface area contributed by atoms with Crippen LogP contribution in [-0.4, -0.2) is 47.0 Å². The Labute approximate surface area is 181 Å². The van der Waals surface area contributed by atoms with Gasteiger partial charge >= 0.3 is 0 Å². The van der Waals surface area contributed by atoms with E-state index in [1.807, 2.05) is 30.0 Å². The third kappa shape index (κ3) is 3.46. The molecule has 5 rings (SSSR count). The van der Waals surface area contributed by atoms with Crippen molar-refractivity contribution in [1.82, 2.24) is 9.47 Å². The zero-order valence-corrected chi connectivity index (χ0v) is 17.9. The fraction of sp³-hybridized carbons (Fsp3) is 0.360. The van der Waals surface area contributed by atoms with Crippen LogP contribution in [0.4, 0.5) is 0 Å². The molecule has 3 heterocycles. The molecule has 1 spiro atoms. The molecule has 1 fully saturated rings. The number of fused-ring (bicyclic) bond motifs is 2. The predicted octanol–water partition coefficient (Wildman–Crippen LogP) is 3.98. The number of carbonyl (C=O) groups is 2. The van der Waals surface area contributed by atoms with Crippen molar-refractivity contribution < 1.29 is 19.1 Å². The van der Waals surface area contributed by atoms with E-state index in [9.17, 15) is 9.59 Å². The number of ether oxygens (including phenoxy) is 2. The quantitative estimate of drug-likeness (QED) is 0.645. The molecule has 2 aromatic carbocycles. The number of carbonyl (C=O) groups excluding carboxylic acids is 2. The summed E-state index contributed by atoms with van der Waals surface area (Å²) in [6, 6.07) is 15.6. The van der Waals surface area contributed by atoms with E-state index in [0.29, 0.717) is 56.0 Å². The zero-order valence-electron chi connectivity index (χ0n) is 17.9. The number of amides is 1. The van der Waals surface area contributed by atoms with Crippen molar-refractivity contribution in [3.05, 3.63) is 59.8 Å². The Morgan fingerprint density at radius 1 is 1.13 bits per heavy atom. The van der Waals surface area contributed by atoms with Crippen molar-refractivity contribution in [1.29, 1.82) is 0 Å². The van der Waals surface area contributed by atoms with E-state index in [2.05, 4.69) is 16.7 Å². The van der Waals surface area contributed by atoms with Gasteiger partial charge in [-0.1, -0.05) is 18.2 Å². The number of methoxy groups -OCH3 is 1. The highest BCUT2D eigenvalue weighted by atomic mass is 16.5. The third-order valence-corrected chi connectivity index (χ3v) is 6.64. The molecular weight excluding hydrogens is 392 g/mol. The predicted molar refractivity (Wildman–Crippen MR) is 118 cm³/mol. The monoisotopic (exact) mass is 418 g/mol. The minimum Gasteiger partial charge on any atom is -0.497 e. The van der Waals surface area contributed by atoms with Gasteiger partial charge < -0.3 is 18.9 Å². The molecule has 0 bridgehead atoms. The van der Waals surface area contributed by atoms with Crippen LogP contribution in [0.3, 0.4) is 0 Å². The number of hydrogen-bond acceptors (Lipinski definition) is 4. The van der Waals surface area contributed by atoms with Crippen LogP contribution in [0.2, 0.25) is 0 Å². The van der Waals surface area contributed by atoms with Gasteiger partial charge in [-0.05, 0) is 36.6 Å². The third-order valence-electron chi connectivity index (χ3n) is 6.64. The fourth-order valence-corrected chi connectivity index (χ4v) is 4.84. The Morgan fingerprint density at radius 2 is 1.90 bits per heavy atom. The van der Waals surface area contributed by atoms with Crippen LogP contribution in [0.15, 0.2) is 48.5 Å². The highest BCUT2D eigenvalue weighted by molar-refractivity contribution is 6.00. The Hall–Kier alpha value is -3.28. The summed E-state index contributed by atoms with van der Waals surface area (Å²) in [6.45, 7) is 3.53. The van der Waals surface area contributed by atoms with E-state index in [4.69, 9.17) is 9.47 Å². The van der Waals surface area contributed by atoms with Crippen molar-refractivity contribution in [3.63, 3.8) is 0 Å². The maximum absolute atomic E-state index is 13.1. The Bertz CT molecular complexity index is 1170. The Morgan fingerprint density at radius 3 is 2.68 bits per heavy atom. The van der Waals surface area contributed by atoms with Crippen molar-refractivity contribution in [2.24, 2.45) is 0 Å². The van der Waals surface area contributed by atoms with Crippen molar-refractivity contribution in [3.8, 4) is 11.5 Å². The van der Waals surface area contributed by atoms with Gasteiger partial charge in [-0.3, -0.25) is 9.59 Å². The summed E-state index contributed by atoms with van der Waals surface area (Å²) in [6.07, 6.45) is 1.65. The molecule has 6 heteroatoms. The van der Waals surface area contributed by atoms with Crippen LogP contribution in [-0.2, 0) is 11.3 Å². The number of Topliss-reactive ketones (excluding diaryl/α,β-unsaturated/α-hetero) is 1. The fourth-order valence-electron chi connectivity index (χ4n) is 4.84. The van der Waals surface area contributed by atoms with E-state index in [1.54, 1.807) is 25.3 Å². The molecule has 6 nitrogen and oxygen atoms in total. The van der Waals surface area contributed by atoms with E-state index in [0.717, 1.165) is 16.6 Å². The van der Waals surface area contributed by atoms with Gasteiger partial charge in [0.1, 0.15) is 23.6 Å². The number of ketones is 1. The summed E-state index contributed by atoms with van der Waals surface area (Å²) in [5, 5.41) is 1.15. The van der Waals surface area contributed by atoms with E-state index in [-0.39, 0.29) is 11.7 Å². The molecule has 1 saturated heterocycles. The number of rotatable bonds is 3. The molecule has 0 aliphatic carbocycles.